The first-order valence-electron chi connectivity index (χ1n) is 8.65. The Balaban J connectivity index is 2.05. The summed E-state index contributed by atoms with van der Waals surface area (Å²) in [6, 6.07) is 4.78. The SMILES string of the molecule is COc1cc(C(=O)NC(CN)C2CCCCC2)ccc1OCC(N)=O. The van der Waals surface area contributed by atoms with Gasteiger partial charge in [0.1, 0.15) is 0 Å². The van der Waals surface area contributed by atoms with Gasteiger partial charge < -0.3 is 26.3 Å². The van der Waals surface area contributed by atoms with E-state index in [1.54, 1.807) is 18.2 Å². The Morgan fingerprint density at radius 2 is 1.96 bits per heavy atom. The van der Waals surface area contributed by atoms with E-state index in [0.29, 0.717) is 29.5 Å². The molecule has 0 aliphatic heterocycles. The molecule has 0 bridgehead atoms. The second-order valence-electron chi connectivity index (χ2n) is 6.33. The third kappa shape index (κ3) is 5.35. The van der Waals surface area contributed by atoms with Gasteiger partial charge in [0.25, 0.3) is 11.8 Å². The number of nitrogens with two attached hydrogens (primary N) is 2. The van der Waals surface area contributed by atoms with E-state index in [2.05, 4.69) is 5.32 Å². The minimum atomic E-state index is -0.581. The predicted octanol–water partition coefficient (Wildman–Crippen LogP) is 1.20. The number of benzene rings is 1. The van der Waals surface area contributed by atoms with Crippen LogP contribution in [0.15, 0.2) is 18.2 Å². The normalized spacial score (nSPS) is 16.1. The zero-order chi connectivity index (χ0) is 18.2. The molecule has 1 atom stereocenters. The summed E-state index contributed by atoms with van der Waals surface area (Å²) in [6.07, 6.45) is 5.84. The number of hydrogen-bond acceptors (Lipinski definition) is 5. The van der Waals surface area contributed by atoms with E-state index in [4.69, 9.17) is 20.9 Å². The first-order chi connectivity index (χ1) is 12.0. The molecular weight excluding hydrogens is 322 g/mol. The first-order valence-corrected chi connectivity index (χ1v) is 8.65. The third-order valence-corrected chi connectivity index (χ3v) is 4.59. The molecule has 0 radical (unpaired) electrons. The van der Waals surface area contributed by atoms with E-state index in [0.717, 1.165) is 12.8 Å². The van der Waals surface area contributed by atoms with Crippen molar-refractivity contribution in [2.75, 3.05) is 20.3 Å². The lowest BCUT2D eigenvalue weighted by Gasteiger charge is -2.30. The summed E-state index contributed by atoms with van der Waals surface area (Å²) in [4.78, 5) is 23.4. The van der Waals surface area contributed by atoms with Crippen LogP contribution in [0, 0.1) is 5.92 Å². The number of carbonyl (C=O) groups is 2. The van der Waals surface area contributed by atoms with Gasteiger partial charge in [0.2, 0.25) is 0 Å². The number of ether oxygens (including phenoxy) is 2. The number of amides is 2. The highest BCUT2D eigenvalue weighted by atomic mass is 16.5. The van der Waals surface area contributed by atoms with Crippen LogP contribution in [-0.4, -0.2) is 38.1 Å². The summed E-state index contributed by atoms with van der Waals surface area (Å²) in [7, 11) is 1.47. The molecule has 1 fully saturated rings. The second kappa shape index (κ2) is 9.27. The molecule has 5 N–H and O–H groups in total. The van der Waals surface area contributed by atoms with Gasteiger partial charge in [-0.3, -0.25) is 9.59 Å². The number of nitrogens with one attached hydrogen (secondary N) is 1. The van der Waals surface area contributed by atoms with Gasteiger partial charge in [0.05, 0.1) is 7.11 Å². The smallest absolute Gasteiger partial charge is 0.255 e. The van der Waals surface area contributed by atoms with Crippen LogP contribution in [-0.2, 0) is 4.79 Å². The van der Waals surface area contributed by atoms with Crippen LogP contribution >= 0.6 is 0 Å². The van der Waals surface area contributed by atoms with Gasteiger partial charge in [-0.05, 0) is 37.0 Å². The Morgan fingerprint density at radius 1 is 1.24 bits per heavy atom. The lowest BCUT2D eigenvalue weighted by Crippen LogP contribution is -2.45. The Morgan fingerprint density at radius 3 is 2.56 bits per heavy atom. The Bertz CT molecular complexity index is 600. The van der Waals surface area contributed by atoms with Crippen LogP contribution in [0.1, 0.15) is 42.5 Å². The Kier molecular flexibility index (Phi) is 7.06. The minimum Gasteiger partial charge on any atom is -0.493 e. The standard InChI is InChI=1S/C18H27N3O4/c1-24-16-9-13(7-8-15(16)25-11-17(20)22)18(23)21-14(10-19)12-5-3-2-4-6-12/h7-9,12,14H,2-6,10-11,19H2,1H3,(H2,20,22)(H,21,23). The molecule has 1 saturated carbocycles. The highest BCUT2D eigenvalue weighted by Crippen LogP contribution is 2.29. The van der Waals surface area contributed by atoms with Gasteiger partial charge in [-0.15, -0.1) is 0 Å². The minimum absolute atomic E-state index is 0.0235. The molecule has 2 amide bonds. The number of hydrogen-bond donors (Lipinski definition) is 3. The fourth-order valence-electron chi connectivity index (χ4n) is 3.23. The molecule has 25 heavy (non-hydrogen) atoms. The fraction of sp³-hybridized carbons (Fsp3) is 0.556. The molecule has 7 nitrogen and oxygen atoms in total. The largest absolute Gasteiger partial charge is 0.493 e. The van der Waals surface area contributed by atoms with Crippen LogP contribution in [0.25, 0.3) is 0 Å². The number of rotatable bonds is 8. The van der Waals surface area contributed by atoms with Gasteiger partial charge in [0.15, 0.2) is 18.1 Å². The molecule has 138 valence electrons. The highest BCUT2D eigenvalue weighted by Gasteiger charge is 2.24. The van der Waals surface area contributed by atoms with Gasteiger partial charge in [0, 0.05) is 18.2 Å². The number of primary amides is 1. The van der Waals surface area contributed by atoms with E-state index >= 15 is 0 Å². The van der Waals surface area contributed by atoms with Crippen molar-refractivity contribution in [1.29, 1.82) is 0 Å². The third-order valence-electron chi connectivity index (χ3n) is 4.59. The predicted molar refractivity (Wildman–Crippen MR) is 94.6 cm³/mol. The molecule has 0 aromatic heterocycles. The van der Waals surface area contributed by atoms with E-state index in [-0.39, 0.29) is 18.6 Å². The second-order valence-corrected chi connectivity index (χ2v) is 6.33. The number of carbonyl (C=O) groups excluding carboxylic acids is 2. The molecule has 0 heterocycles. The molecule has 2 rings (SSSR count). The molecule has 1 aromatic rings. The molecule has 1 unspecified atom stereocenters. The van der Waals surface area contributed by atoms with Crippen LogP contribution in [0.3, 0.4) is 0 Å². The summed E-state index contributed by atoms with van der Waals surface area (Å²) in [5.41, 5.74) is 11.4. The van der Waals surface area contributed by atoms with Crippen molar-refractivity contribution in [3.05, 3.63) is 23.8 Å². The average molecular weight is 349 g/mol. The van der Waals surface area contributed by atoms with Crippen LogP contribution in [0.5, 0.6) is 11.5 Å². The van der Waals surface area contributed by atoms with Gasteiger partial charge in [-0.2, -0.15) is 0 Å². The topological polar surface area (TPSA) is 117 Å². The molecule has 1 aromatic carbocycles. The van der Waals surface area contributed by atoms with E-state index in [1.165, 1.54) is 26.4 Å². The van der Waals surface area contributed by atoms with Gasteiger partial charge in [-0.1, -0.05) is 19.3 Å². The summed E-state index contributed by atoms with van der Waals surface area (Å²) in [5, 5.41) is 3.04. The van der Waals surface area contributed by atoms with Gasteiger partial charge >= 0.3 is 0 Å². The van der Waals surface area contributed by atoms with Crippen molar-refractivity contribution in [3.8, 4) is 11.5 Å². The molecule has 0 saturated heterocycles. The lowest BCUT2D eigenvalue weighted by atomic mass is 9.84. The van der Waals surface area contributed by atoms with Crippen LogP contribution in [0.2, 0.25) is 0 Å². The average Bonchev–Trinajstić information content (AvgIpc) is 2.64. The highest BCUT2D eigenvalue weighted by molar-refractivity contribution is 5.95. The Hall–Kier alpha value is -2.28. The molecule has 0 spiro atoms. The van der Waals surface area contributed by atoms with Crippen molar-refractivity contribution >= 4 is 11.8 Å². The van der Waals surface area contributed by atoms with Crippen molar-refractivity contribution in [1.82, 2.24) is 5.32 Å². The van der Waals surface area contributed by atoms with Crippen molar-refractivity contribution < 1.29 is 19.1 Å². The molecular formula is C18H27N3O4. The van der Waals surface area contributed by atoms with Crippen molar-refractivity contribution in [3.63, 3.8) is 0 Å². The van der Waals surface area contributed by atoms with Crippen LogP contribution < -0.4 is 26.3 Å². The van der Waals surface area contributed by atoms with Crippen molar-refractivity contribution in [2.45, 2.75) is 38.1 Å². The monoisotopic (exact) mass is 349 g/mol. The summed E-state index contributed by atoms with van der Waals surface area (Å²) >= 11 is 0. The molecule has 1 aliphatic carbocycles. The fourth-order valence-corrected chi connectivity index (χ4v) is 3.23. The maximum Gasteiger partial charge on any atom is 0.255 e. The zero-order valence-corrected chi connectivity index (χ0v) is 14.6. The summed E-state index contributed by atoms with van der Waals surface area (Å²) in [6.45, 7) is 0.173. The Labute approximate surface area is 148 Å². The lowest BCUT2D eigenvalue weighted by molar-refractivity contribution is -0.119. The number of methoxy groups -OCH3 is 1. The maximum atomic E-state index is 12.6. The summed E-state index contributed by atoms with van der Waals surface area (Å²) in [5.74, 6) is 0.391. The zero-order valence-electron chi connectivity index (χ0n) is 14.6. The van der Waals surface area contributed by atoms with Gasteiger partial charge in [-0.25, -0.2) is 0 Å². The molecule has 7 heteroatoms. The van der Waals surface area contributed by atoms with E-state index in [9.17, 15) is 9.59 Å². The maximum absolute atomic E-state index is 12.6. The van der Waals surface area contributed by atoms with E-state index in [1.807, 2.05) is 0 Å². The quantitative estimate of drug-likeness (QED) is 0.652. The van der Waals surface area contributed by atoms with Crippen molar-refractivity contribution in [2.24, 2.45) is 17.4 Å². The van der Waals surface area contributed by atoms with Crippen LogP contribution in [0.4, 0.5) is 0 Å². The summed E-state index contributed by atoms with van der Waals surface area (Å²) < 4.78 is 10.5. The molecule has 1 aliphatic rings. The van der Waals surface area contributed by atoms with E-state index < -0.39 is 5.91 Å². The first kappa shape index (κ1) is 19.1.